The standard InChI is InChI=1S/C23H20Cl3N3OS/c1-29(2)22-21(23(31-3)28-27-22)20(19-15(25)10-13(24)11-16(19)26)18-14-7-5-4-6-12(14)8-9-17(18)30/h4-11,20,30H,1-3H3,(H,27,28). The van der Waals surface area contributed by atoms with E-state index in [-0.39, 0.29) is 5.75 Å². The molecule has 0 amide bonds. The molecular weight excluding hydrogens is 473 g/mol. The molecule has 0 fully saturated rings. The third-order valence-electron chi connectivity index (χ3n) is 5.25. The molecular formula is C23H20Cl3N3OS. The highest BCUT2D eigenvalue weighted by atomic mass is 35.5. The van der Waals surface area contributed by atoms with Crippen LogP contribution in [-0.4, -0.2) is 35.7 Å². The number of aromatic amines is 1. The number of nitrogens with one attached hydrogen (secondary N) is 1. The molecule has 1 atom stereocenters. The van der Waals surface area contributed by atoms with Gasteiger partial charge in [-0.1, -0.05) is 65.1 Å². The van der Waals surface area contributed by atoms with Gasteiger partial charge in [0, 0.05) is 51.8 Å². The molecule has 0 aliphatic heterocycles. The van der Waals surface area contributed by atoms with E-state index in [1.54, 1.807) is 18.2 Å². The lowest BCUT2D eigenvalue weighted by Crippen LogP contribution is -2.15. The Morgan fingerprint density at radius 3 is 2.29 bits per heavy atom. The summed E-state index contributed by atoms with van der Waals surface area (Å²) in [5.74, 6) is 0.481. The van der Waals surface area contributed by atoms with Crippen LogP contribution in [0, 0.1) is 0 Å². The number of aromatic nitrogens is 2. The number of nitrogens with zero attached hydrogens (tertiary/aromatic N) is 2. The maximum Gasteiger partial charge on any atom is 0.128 e. The molecule has 4 nitrogen and oxygen atoms in total. The van der Waals surface area contributed by atoms with Crippen LogP contribution in [0.5, 0.6) is 5.75 Å². The largest absolute Gasteiger partial charge is 0.508 e. The minimum Gasteiger partial charge on any atom is -0.508 e. The van der Waals surface area contributed by atoms with Crippen molar-refractivity contribution in [2.45, 2.75) is 10.9 Å². The fourth-order valence-electron chi connectivity index (χ4n) is 3.93. The summed E-state index contributed by atoms with van der Waals surface area (Å²) >= 11 is 21.2. The molecule has 1 aromatic heterocycles. The quantitative estimate of drug-likeness (QED) is 0.289. The third-order valence-corrected chi connectivity index (χ3v) is 6.79. The van der Waals surface area contributed by atoms with Crippen LogP contribution in [0.15, 0.2) is 53.6 Å². The van der Waals surface area contributed by atoms with Crippen LogP contribution < -0.4 is 4.90 Å². The van der Waals surface area contributed by atoms with Gasteiger partial charge in [0.15, 0.2) is 0 Å². The average Bonchev–Trinajstić information content (AvgIpc) is 3.15. The lowest BCUT2D eigenvalue weighted by molar-refractivity contribution is 0.468. The molecule has 0 bridgehead atoms. The van der Waals surface area contributed by atoms with Crippen molar-refractivity contribution in [1.29, 1.82) is 0 Å². The number of hydrogen-bond donors (Lipinski definition) is 2. The molecule has 0 radical (unpaired) electrons. The molecule has 31 heavy (non-hydrogen) atoms. The summed E-state index contributed by atoms with van der Waals surface area (Å²) in [6, 6.07) is 14.9. The number of anilines is 1. The predicted molar refractivity (Wildman–Crippen MR) is 133 cm³/mol. The van der Waals surface area contributed by atoms with Gasteiger partial charge in [0.05, 0.1) is 0 Å². The SMILES string of the molecule is CSc1n[nH]c(N(C)C)c1C(c1c(Cl)cc(Cl)cc1Cl)c1c(O)ccc2ccccc12. The Morgan fingerprint density at radius 1 is 0.968 bits per heavy atom. The van der Waals surface area contributed by atoms with Gasteiger partial charge in [0.1, 0.15) is 16.6 Å². The molecule has 1 heterocycles. The van der Waals surface area contributed by atoms with E-state index in [2.05, 4.69) is 10.2 Å². The van der Waals surface area contributed by atoms with Gasteiger partial charge in [0.25, 0.3) is 0 Å². The van der Waals surface area contributed by atoms with E-state index >= 15 is 0 Å². The van der Waals surface area contributed by atoms with Crippen molar-refractivity contribution in [3.8, 4) is 5.75 Å². The molecule has 8 heteroatoms. The molecule has 1 unspecified atom stereocenters. The average molecular weight is 493 g/mol. The lowest BCUT2D eigenvalue weighted by Gasteiger charge is -2.26. The number of aromatic hydroxyl groups is 1. The molecule has 0 spiro atoms. The minimum absolute atomic E-state index is 0.156. The molecule has 3 aromatic carbocycles. The van der Waals surface area contributed by atoms with E-state index in [1.807, 2.05) is 55.6 Å². The predicted octanol–water partition coefficient (Wildman–Crippen LogP) is 7.20. The van der Waals surface area contributed by atoms with Gasteiger partial charge in [-0.25, -0.2) is 0 Å². The van der Waals surface area contributed by atoms with Gasteiger partial charge in [-0.05, 0) is 35.2 Å². The van der Waals surface area contributed by atoms with Crippen molar-refractivity contribution >= 4 is 63.2 Å². The Morgan fingerprint density at radius 2 is 1.65 bits per heavy atom. The van der Waals surface area contributed by atoms with Gasteiger partial charge in [-0.3, -0.25) is 5.10 Å². The summed E-state index contributed by atoms with van der Waals surface area (Å²) in [7, 11) is 3.87. The van der Waals surface area contributed by atoms with Crippen LogP contribution in [0.1, 0.15) is 22.6 Å². The first-order chi connectivity index (χ1) is 14.8. The molecule has 0 aliphatic carbocycles. The first-order valence-electron chi connectivity index (χ1n) is 9.48. The molecule has 0 saturated carbocycles. The molecule has 160 valence electrons. The zero-order valence-electron chi connectivity index (χ0n) is 17.1. The minimum atomic E-state index is -0.484. The third kappa shape index (κ3) is 3.96. The second kappa shape index (κ2) is 8.83. The summed E-state index contributed by atoms with van der Waals surface area (Å²) < 4.78 is 0. The second-order valence-corrected chi connectivity index (χ2v) is 9.37. The first-order valence-corrected chi connectivity index (χ1v) is 11.8. The Labute approximate surface area is 200 Å². The Kier molecular flexibility index (Phi) is 6.31. The molecule has 0 saturated heterocycles. The van der Waals surface area contributed by atoms with Gasteiger partial charge in [-0.15, -0.1) is 11.8 Å². The van der Waals surface area contributed by atoms with Gasteiger partial charge < -0.3 is 10.0 Å². The van der Waals surface area contributed by atoms with E-state index in [0.717, 1.165) is 27.2 Å². The first kappa shape index (κ1) is 22.2. The van der Waals surface area contributed by atoms with Crippen LogP contribution in [0.3, 0.4) is 0 Å². The fraction of sp³-hybridized carbons (Fsp3) is 0.174. The number of phenolic OH excluding ortho intramolecular Hbond substituents is 1. The summed E-state index contributed by atoms with van der Waals surface area (Å²) in [6.45, 7) is 0. The maximum absolute atomic E-state index is 11.1. The van der Waals surface area contributed by atoms with Crippen molar-refractivity contribution in [3.05, 3.63) is 80.3 Å². The van der Waals surface area contributed by atoms with E-state index in [4.69, 9.17) is 34.8 Å². The highest BCUT2D eigenvalue weighted by Crippen LogP contribution is 2.50. The Balaban J connectivity index is 2.17. The molecule has 4 rings (SSSR count). The van der Waals surface area contributed by atoms with E-state index in [9.17, 15) is 5.11 Å². The lowest BCUT2D eigenvalue weighted by atomic mass is 9.82. The molecule has 0 aliphatic rings. The Hall–Kier alpha value is -2.05. The number of thioether (sulfide) groups is 1. The van der Waals surface area contributed by atoms with Gasteiger partial charge in [-0.2, -0.15) is 5.10 Å². The monoisotopic (exact) mass is 491 g/mol. The van der Waals surface area contributed by atoms with E-state index in [0.29, 0.717) is 26.2 Å². The number of hydrogen-bond acceptors (Lipinski definition) is 4. The number of H-pyrrole nitrogens is 1. The van der Waals surface area contributed by atoms with E-state index in [1.165, 1.54) is 11.8 Å². The van der Waals surface area contributed by atoms with Crippen LogP contribution in [0.25, 0.3) is 10.8 Å². The summed E-state index contributed by atoms with van der Waals surface area (Å²) in [4.78, 5) is 1.95. The molecule has 2 N–H and O–H groups in total. The highest BCUT2D eigenvalue weighted by Gasteiger charge is 2.33. The number of phenols is 1. The molecule has 4 aromatic rings. The van der Waals surface area contributed by atoms with Gasteiger partial charge in [0.2, 0.25) is 0 Å². The van der Waals surface area contributed by atoms with Crippen molar-refractivity contribution in [1.82, 2.24) is 10.2 Å². The van der Waals surface area contributed by atoms with Crippen molar-refractivity contribution < 1.29 is 5.11 Å². The van der Waals surface area contributed by atoms with Crippen LogP contribution in [-0.2, 0) is 0 Å². The number of fused-ring (bicyclic) bond motifs is 1. The second-order valence-electron chi connectivity index (χ2n) is 7.33. The maximum atomic E-state index is 11.1. The summed E-state index contributed by atoms with van der Waals surface area (Å²) in [6.07, 6.45) is 1.96. The summed E-state index contributed by atoms with van der Waals surface area (Å²) in [5, 5.41) is 22.7. The van der Waals surface area contributed by atoms with E-state index < -0.39 is 5.92 Å². The highest BCUT2D eigenvalue weighted by molar-refractivity contribution is 7.98. The van der Waals surface area contributed by atoms with Crippen LogP contribution in [0.2, 0.25) is 15.1 Å². The van der Waals surface area contributed by atoms with Crippen LogP contribution in [0.4, 0.5) is 5.82 Å². The van der Waals surface area contributed by atoms with Crippen LogP contribution >= 0.6 is 46.6 Å². The number of rotatable bonds is 5. The topological polar surface area (TPSA) is 52.2 Å². The van der Waals surface area contributed by atoms with Gasteiger partial charge >= 0.3 is 0 Å². The zero-order chi connectivity index (χ0) is 22.3. The zero-order valence-corrected chi connectivity index (χ0v) is 20.2. The van der Waals surface area contributed by atoms with Crippen molar-refractivity contribution in [3.63, 3.8) is 0 Å². The van der Waals surface area contributed by atoms with Crippen molar-refractivity contribution in [2.24, 2.45) is 0 Å². The fourth-order valence-corrected chi connectivity index (χ4v) is 5.54. The smallest absolute Gasteiger partial charge is 0.128 e. The summed E-state index contributed by atoms with van der Waals surface area (Å²) in [5.41, 5.74) is 2.26. The normalized spacial score (nSPS) is 12.3. The Bertz CT molecular complexity index is 1250. The number of benzene rings is 3. The number of halogens is 3. The van der Waals surface area contributed by atoms with Crippen molar-refractivity contribution in [2.75, 3.05) is 25.3 Å².